The molecule has 1 rings (SSSR count). The molecule has 3 heteroatoms. The van der Waals surface area contributed by atoms with E-state index < -0.39 is 6.10 Å². The van der Waals surface area contributed by atoms with Gasteiger partial charge in [0.15, 0.2) is 0 Å². The first-order valence-electron chi connectivity index (χ1n) is 6.04. The van der Waals surface area contributed by atoms with E-state index in [1.54, 1.807) is 0 Å². The second-order valence-corrected chi connectivity index (χ2v) is 4.10. The van der Waals surface area contributed by atoms with Crippen molar-refractivity contribution in [1.82, 2.24) is 0 Å². The number of unbranched alkanes of at least 4 members (excludes halogenated alkanes) is 2. The minimum Gasteiger partial charge on any atom is -0.469 e. The van der Waals surface area contributed by atoms with Gasteiger partial charge in [-0.25, -0.2) is 0 Å². The van der Waals surface area contributed by atoms with Crippen LogP contribution in [0.15, 0.2) is 30.3 Å². The van der Waals surface area contributed by atoms with Gasteiger partial charge in [0.2, 0.25) is 0 Å². The van der Waals surface area contributed by atoms with E-state index in [0.29, 0.717) is 6.42 Å². The zero-order valence-corrected chi connectivity index (χ0v) is 10.3. The fourth-order valence-electron chi connectivity index (χ4n) is 1.73. The van der Waals surface area contributed by atoms with Gasteiger partial charge in [-0.15, -0.1) is 0 Å². The molecule has 0 radical (unpaired) electrons. The standard InChI is InChI=1S/C14H20O3/c1-17-14(16)11-7-3-6-10-13(15)12-8-4-2-5-9-12/h2,4-5,8-9,13,15H,3,6-7,10-11H2,1H3. The van der Waals surface area contributed by atoms with Crippen molar-refractivity contribution in [1.29, 1.82) is 0 Å². The molecule has 0 aliphatic rings. The zero-order valence-electron chi connectivity index (χ0n) is 10.3. The van der Waals surface area contributed by atoms with Gasteiger partial charge >= 0.3 is 5.97 Å². The molecule has 0 aliphatic heterocycles. The average molecular weight is 236 g/mol. The lowest BCUT2D eigenvalue weighted by Gasteiger charge is -2.10. The number of ether oxygens (including phenoxy) is 1. The van der Waals surface area contributed by atoms with Crippen molar-refractivity contribution in [2.24, 2.45) is 0 Å². The van der Waals surface area contributed by atoms with Crippen LogP contribution in [0.5, 0.6) is 0 Å². The Morgan fingerprint density at radius 2 is 1.94 bits per heavy atom. The van der Waals surface area contributed by atoms with Gasteiger partial charge in [-0.1, -0.05) is 43.2 Å². The van der Waals surface area contributed by atoms with Crippen molar-refractivity contribution >= 4 is 5.97 Å². The Labute approximate surface area is 102 Å². The molecule has 0 saturated carbocycles. The number of esters is 1. The third-order valence-corrected chi connectivity index (χ3v) is 2.77. The van der Waals surface area contributed by atoms with Gasteiger partial charge in [0, 0.05) is 6.42 Å². The van der Waals surface area contributed by atoms with E-state index in [2.05, 4.69) is 4.74 Å². The van der Waals surface area contributed by atoms with Gasteiger partial charge in [-0.3, -0.25) is 4.79 Å². The molecule has 0 amide bonds. The second-order valence-electron chi connectivity index (χ2n) is 4.10. The van der Waals surface area contributed by atoms with Crippen LogP contribution in [-0.4, -0.2) is 18.2 Å². The monoisotopic (exact) mass is 236 g/mol. The molecule has 0 spiro atoms. The number of rotatable bonds is 7. The maximum absolute atomic E-state index is 10.9. The number of hydrogen-bond donors (Lipinski definition) is 1. The normalized spacial score (nSPS) is 12.1. The average Bonchev–Trinajstić information content (AvgIpc) is 2.38. The smallest absolute Gasteiger partial charge is 0.305 e. The fourth-order valence-corrected chi connectivity index (χ4v) is 1.73. The first kappa shape index (κ1) is 13.7. The molecule has 3 nitrogen and oxygen atoms in total. The number of carbonyl (C=O) groups excluding carboxylic acids is 1. The van der Waals surface area contributed by atoms with Gasteiger partial charge in [-0.05, 0) is 18.4 Å². The Hall–Kier alpha value is -1.35. The summed E-state index contributed by atoms with van der Waals surface area (Å²) in [7, 11) is 1.40. The van der Waals surface area contributed by atoms with E-state index in [1.165, 1.54) is 7.11 Å². The number of carbonyl (C=O) groups is 1. The minimum atomic E-state index is -0.394. The molecule has 0 bridgehead atoms. The van der Waals surface area contributed by atoms with Gasteiger partial charge in [0.1, 0.15) is 0 Å². The highest BCUT2D eigenvalue weighted by Crippen LogP contribution is 2.19. The fraction of sp³-hybridized carbons (Fsp3) is 0.500. The van der Waals surface area contributed by atoms with Gasteiger partial charge in [0.05, 0.1) is 13.2 Å². The van der Waals surface area contributed by atoms with E-state index in [0.717, 1.165) is 31.2 Å². The molecule has 0 fully saturated rings. The lowest BCUT2D eigenvalue weighted by molar-refractivity contribution is -0.140. The summed E-state index contributed by atoms with van der Waals surface area (Å²) < 4.78 is 4.56. The number of hydrogen-bond acceptors (Lipinski definition) is 3. The Kier molecular flexibility index (Phi) is 6.33. The highest BCUT2D eigenvalue weighted by atomic mass is 16.5. The maximum atomic E-state index is 10.9. The Bertz CT molecular complexity index is 321. The largest absolute Gasteiger partial charge is 0.469 e. The van der Waals surface area contributed by atoms with E-state index in [9.17, 15) is 9.90 Å². The molecule has 94 valence electrons. The van der Waals surface area contributed by atoms with Crippen molar-refractivity contribution in [3.05, 3.63) is 35.9 Å². The van der Waals surface area contributed by atoms with Crippen LogP contribution < -0.4 is 0 Å². The predicted molar refractivity (Wildman–Crippen MR) is 66.5 cm³/mol. The van der Waals surface area contributed by atoms with Crippen LogP contribution in [0.3, 0.4) is 0 Å². The third-order valence-electron chi connectivity index (χ3n) is 2.77. The summed E-state index contributed by atoms with van der Waals surface area (Å²) in [5, 5.41) is 9.88. The molecule has 1 atom stereocenters. The van der Waals surface area contributed by atoms with Crippen LogP contribution in [0, 0.1) is 0 Å². The second kappa shape index (κ2) is 7.85. The molecule has 1 aromatic rings. The first-order valence-corrected chi connectivity index (χ1v) is 6.04. The van der Waals surface area contributed by atoms with Crippen molar-refractivity contribution < 1.29 is 14.6 Å². The van der Waals surface area contributed by atoms with Crippen molar-refractivity contribution in [2.45, 2.75) is 38.2 Å². The van der Waals surface area contributed by atoms with Crippen LogP contribution in [0.25, 0.3) is 0 Å². The molecule has 1 N–H and O–H groups in total. The molecule has 0 aliphatic carbocycles. The van der Waals surface area contributed by atoms with E-state index in [-0.39, 0.29) is 5.97 Å². The van der Waals surface area contributed by atoms with Crippen LogP contribution in [0.2, 0.25) is 0 Å². The molecule has 1 aromatic carbocycles. The number of aliphatic hydroxyl groups excluding tert-OH is 1. The number of methoxy groups -OCH3 is 1. The number of benzene rings is 1. The SMILES string of the molecule is COC(=O)CCCCCC(O)c1ccccc1. The molecular formula is C14H20O3. The number of aliphatic hydroxyl groups is 1. The van der Waals surface area contributed by atoms with Crippen molar-refractivity contribution in [2.75, 3.05) is 7.11 Å². The van der Waals surface area contributed by atoms with Crippen molar-refractivity contribution in [3.63, 3.8) is 0 Å². The minimum absolute atomic E-state index is 0.159. The summed E-state index contributed by atoms with van der Waals surface area (Å²) >= 11 is 0. The third kappa shape index (κ3) is 5.50. The molecule has 17 heavy (non-hydrogen) atoms. The highest BCUT2D eigenvalue weighted by Gasteiger charge is 2.06. The van der Waals surface area contributed by atoms with E-state index in [4.69, 9.17) is 0 Å². The molecular weight excluding hydrogens is 216 g/mol. The van der Waals surface area contributed by atoms with Crippen LogP contribution >= 0.6 is 0 Å². The molecule has 0 aromatic heterocycles. The van der Waals surface area contributed by atoms with Crippen molar-refractivity contribution in [3.8, 4) is 0 Å². The first-order chi connectivity index (χ1) is 8.24. The van der Waals surface area contributed by atoms with Gasteiger partial charge in [-0.2, -0.15) is 0 Å². The maximum Gasteiger partial charge on any atom is 0.305 e. The van der Waals surface area contributed by atoms with Gasteiger partial charge < -0.3 is 9.84 Å². The quantitative estimate of drug-likeness (QED) is 0.585. The van der Waals surface area contributed by atoms with Crippen LogP contribution in [0.4, 0.5) is 0 Å². The van der Waals surface area contributed by atoms with Gasteiger partial charge in [0.25, 0.3) is 0 Å². The molecule has 0 heterocycles. The summed E-state index contributed by atoms with van der Waals surface area (Å²) in [6.45, 7) is 0. The Morgan fingerprint density at radius 1 is 1.24 bits per heavy atom. The summed E-state index contributed by atoms with van der Waals surface area (Å²) in [5.41, 5.74) is 0.959. The highest BCUT2D eigenvalue weighted by molar-refractivity contribution is 5.68. The summed E-state index contributed by atoms with van der Waals surface area (Å²) in [5.74, 6) is -0.159. The predicted octanol–water partition coefficient (Wildman–Crippen LogP) is 2.84. The topological polar surface area (TPSA) is 46.5 Å². The molecule has 0 saturated heterocycles. The van der Waals surface area contributed by atoms with E-state index in [1.807, 2.05) is 30.3 Å². The van der Waals surface area contributed by atoms with Crippen LogP contribution in [0.1, 0.15) is 43.8 Å². The summed E-state index contributed by atoms with van der Waals surface area (Å²) in [4.78, 5) is 10.9. The lowest BCUT2D eigenvalue weighted by Crippen LogP contribution is -2.00. The zero-order chi connectivity index (χ0) is 12.5. The lowest BCUT2D eigenvalue weighted by atomic mass is 10.0. The molecule has 1 unspecified atom stereocenters. The Balaban J connectivity index is 2.13. The Morgan fingerprint density at radius 3 is 2.59 bits per heavy atom. The summed E-state index contributed by atoms with van der Waals surface area (Å²) in [6, 6.07) is 9.65. The summed E-state index contributed by atoms with van der Waals surface area (Å²) in [6.07, 6.45) is 3.51. The van der Waals surface area contributed by atoms with E-state index >= 15 is 0 Å². The van der Waals surface area contributed by atoms with Crippen LogP contribution in [-0.2, 0) is 9.53 Å².